The van der Waals surface area contributed by atoms with Gasteiger partial charge in [-0.15, -0.1) is 0 Å². The van der Waals surface area contributed by atoms with Crippen LogP contribution in [0.2, 0.25) is 11.6 Å². The molecule has 0 radical (unpaired) electrons. The normalized spacial score (nSPS) is 12.3. The molecule has 0 spiro atoms. The van der Waals surface area contributed by atoms with E-state index in [1.807, 2.05) is 13.8 Å². The summed E-state index contributed by atoms with van der Waals surface area (Å²) in [6, 6.07) is 0.621. The van der Waals surface area contributed by atoms with E-state index in [0.29, 0.717) is 38.3 Å². The second-order valence-corrected chi connectivity index (χ2v) is 7.72. The van der Waals surface area contributed by atoms with Gasteiger partial charge in [-0.25, -0.2) is 0 Å². The molecule has 18 heavy (non-hydrogen) atoms. The fraction of sp³-hybridized carbons (Fsp3) is 0.833. The van der Waals surface area contributed by atoms with E-state index < -0.39 is 9.13 Å². The smallest absolute Gasteiger partial charge is 0.234 e. The Bertz CT molecular complexity index is 262. The Hall–Kier alpha value is -0.913. The van der Waals surface area contributed by atoms with Gasteiger partial charge in [0, 0.05) is 26.4 Å². The lowest BCUT2D eigenvalue weighted by molar-refractivity contribution is -0.122. The van der Waals surface area contributed by atoms with Crippen molar-refractivity contribution in [1.29, 1.82) is 0 Å². The minimum Gasteiger partial charge on any atom is -0.359 e. The van der Waals surface area contributed by atoms with Crippen LogP contribution in [0.15, 0.2) is 0 Å². The summed E-state index contributed by atoms with van der Waals surface area (Å²) in [5.41, 5.74) is 0.174. The number of halogens is 1. The zero-order valence-electron chi connectivity index (χ0n) is 11.6. The molecular formula is C12H25FN2O2Si. The van der Waals surface area contributed by atoms with Crippen molar-refractivity contribution in [2.24, 2.45) is 0 Å². The van der Waals surface area contributed by atoms with Gasteiger partial charge in [-0.3, -0.25) is 9.59 Å². The molecular weight excluding hydrogens is 251 g/mol. The molecule has 0 saturated carbocycles. The molecule has 0 bridgehead atoms. The number of amides is 2. The van der Waals surface area contributed by atoms with E-state index >= 15 is 0 Å². The first-order valence-electron chi connectivity index (χ1n) is 6.58. The first kappa shape index (κ1) is 17.1. The molecule has 2 amide bonds. The quantitative estimate of drug-likeness (QED) is 0.381. The SMILES string of the molecule is CNC(=O)CCCC(=O)NCCC[SiH](F)C(C)C. The van der Waals surface area contributed by atoms with Crippen molar-refractivity contribution in [2.45, 2.75) is 51.1 Å². The van der Waals surface area contributed by atoms with Gasteiger partial charge in [0.1, 0.15) is 0 Å². The highest BCUT2D eigenvalue weighted by atomic mass is 28.3. The second-order valence-electron chi connectivity index (χ2n) is 4.78. The van der Waals surface area contributed by atoms with Gasteiger partial charge in [0.15, 0.2) is 0 Å². The Labute approximate surface area is 110 Å². The molecule has 0 aromatic carbocycles. The average molecular weight is 276 g/mol. The molecule has 0 aromatic heterocycles. The van der Waals surface area contributed by atoms with Crippen LogP contribution in [-0.4, -0.2) is 34.5 Å². The Morgan fingerprint density at radius 2 is 1.78 bits per heavy atom. The van der Waals surface area contributed by atoms with Crippen molar-refractivity contribution in [3.8, 4) is 0 Å². The van der Waals surface area contributed by atoms with Gasteiger partial charge in [0.2, 0.25) is 20.9 Å². The summed E-state index contributed by atoms with van der Waals surface area (Å²) in [7, 11) is -0.505. The van der Waals surface area contributed by atoms with Crippen LogP contribution < -0.4 is 10.6 Å². The minimum absolute atomic E-state index is 0.0500. The van der Waals surface area contributed by atoms with Crippen LogP contribution in [0.4, 0.5) is 4.11 Å². The van der Waals surface area contributed by atoms with Crippen molar-refractivity contribution in [1.82, 2.24) is 10.6 Å². The molecule has 0 aliphatic carbocycles. The highest BCUT2D eigenvalue weighted by Crippen LogP contribution is 2.13. The van der Waals surface area contributed by atoms with Crippen molar-refractivity contribution in [2.75, 3.05) is 13.6 Å². The summed E-state index contributed by atoms with van der Waals surface area (Å²) in [6.07, 6.45) is 2.00. The van der Waals surface area contributed by atoms with Crippen molar-refractivity contribution >= 4 is 20.9 Å². The highest BCUT2D eigenvalue weighted by Gasteiger charge is 2.13. The lowest BCUT2D eigenvalue weighted by Crippen LogP contribution is -2.26. The van der Waals surface area contributed by atoms with Gasteiger partial charge < -0.3 is 14.7 Å². The van der Waals surface area contributed by atoms with Gasteiger partial charge in [-0.2, -0.15) is 0 Å². The van der Waals surface area contributed by atoms with Crippen LogP contribution in [0, 0.1) is 0 Å². The predicted octanol–water partition coefficient (Wildman–Crippen LogP) is 1.51. The highest BCUT2D eigenvalue weighted by molar-refractivity contribution is 6.52. The maximum Gasteiger partial charge on any atom is 0.234 e. The maximum atomic E-state index is 13.4. The molecule has 0 aliphatic heterocycles. The van der Waals surface area contributed by atoms with E-state index in [9.17, 15) is 13.7 Å². The van der Waals surface area contributed by atoms with Crippen molar-refractivity contribution in [3.05, 3.63) is 0 Å². The Kier molecular flexibility index (Phi) is 9.54. The van der Waals surface area contributed by atoms with E-state index in [2.05, 4.69) is 10.6 Å². The Morgan fingerprint density at radius 1 is 1.17 bits per heavy atom. The van der Waals surface area contributed by atoms with E-state index in [1.165, 1.54) is 0 Å². The topological polar surface area (TPSA) is 58.2 Å². The molecule has 1 atom stereocenters. The summed E-state index contributed by atoms with van der Waals surface area (Å²) in [5, 5.41) is 5.26. The Morgan fingerprint density at radius 3 is 2.33 bits per heavy atom. The molecule has 0 saturated heterocycles. The fourth-order valence-electron chi connectivity index (χ4n) is 1.48. The first-order chi connectivity index (χ1) is 8.47. The minimum atomic E-state index is -2.08. The van der Waals surface area contributed by atoms with Crippen molar-refractivity contribution in [3.63, 3.8) is 0 Å². The number of rotatable bonds is 9. The largest absolute Gasteiger partial charge is 0.359 e. The van der Waals surface area contributed by atoms with Crippen LogP contribution in [-0.2, 0) is 9.59 Å². The third-order valence-corrected chi connectivity index (χ3v) is 5.20. The third kappa shape index (κ3) is 9.15. The maximum absolute atomic E-state index is 13.4. The van der Waals surface area contributed by atoms with Gasteiger partial charge in [0.05, 0.1) is 0 Å². The second kappa shape index (κ2) is 10.1. The number of nitrogens with one attached hydrogen (secondary N) is 2. The molecule has 1 unspecified atom stereocenters. The van der Waals surface area contributed by atoms with Crippen molar-refractivity contribution < 1.29 is 13.7 Å². The van der Waals surface area contributed by atoms with E-state index in [-0.39, 0.29) is 17.4 Å². The number of carbonyl (C=O) groups is 2. The summed E-state index contributed by atoms with van der Waals surface area (Å²) in [4.78, 5) is 22.3. The monoisotopic (exact) mass is 276 g/mol. The summed E-state index contributed by atoms with van der Waals surface area (Å²) >= 11 is 0. The standard InChI is InChI=1S/C12H25FN2O2Si/c1-10(2)18(13)9-5-8-15-12(17)7-4-6-11(16)14-3/h10,18H,4-9H2,1-3H3,(H,14,16)(H,15,17). The summed E-state index contributed by atoms with van der Waals surface area (Å²) < 4.78 is 13.4. The van der Waals surface area contributed by atoms with Crippen LogP contribution in [0.25, 0.3) is 0 Å². The summed E-state index contributed by atoms with van der Waals surface area (Å²) in [5.74, 6) is -0.105. The first-order valence-corrected chi connectivity index (χ1v) is 8.50. The predicted molar refractivity (Wildman–Crippen MR) is 73.7 cm³/mol. The third-order valence-electron chi connectivity index (χ3n) is 2.79. The van der Waals surface area contributed by atoms with E-state index in [4.69, 9.17) is 0 Å². The molecule has 0 fully saturated rings. The molecule has 0 rings (SSSR count). The zero-order chi connectivity index (χ0) is 14.0. The molecule has 0 aliphatic rings. The van der Waals surface area contributed by atoms with E-state index in [0.717, 1.165) is 0 Å². The fourth-order valence-corrected chi connectivity index (χ4v) is 2.74. The van der Waals surface area contributed by atoms with Crippen LogP contribution in [0.5, 0.6) is 0 Å². The molecule has 2 N–H and O–H groups in total. The number of hydrogen-bond acceptors (Lipinski definition) is 2. The lowest BCUT2D eigenvalue weighted by atomic mass is 10.2. The van der Waals surface area contributed by atoms with Gasteiger partial charge >= 0.3 is 0 Å². The summed E-state index contributed by atoms with van der Waals surface area (Å²) in [6.45, 7) is 4.36. The molecule has 0 aromatic rings. The lowest BCUT2D eigenvalue weighted by Gasteiger charge is -2.09. The molecule has 4 nitrogen and oxygen atoms in total. The van der Waals surface area contributed by atoms with Gasteiger partial charge in [-0.1, -0.05) is 13.8 Å². The molecule has 0 heterocycles. The van der Waals surface area contributed by atoms with E-state index in [1.54, 1.807) is 7.05 Å². The van der Waals surface area contributed by atoms with Crippen LogP contribution in [0.1, 0.15) is 39.5 Å². The molecule has 106 valence electrons. The Balaban J connectivity index is 3.45. The number of carbonyl (C=O) groups excluding carboxylic acids is 2. The average Bonchev–Trinajstić information content (AvgIpc) is 2.33. The van der Waals surface area contributed by atoms with Gasteiger partial charge in [0.25, 0.3) is 0 Å². The number of hydrogen-bond donors (Lipinski definition) is 2. The zero-order valence-corrected chi connectivity index (χ0v) is 12.7. The van der Waals surface area contributed by atoms with Gasteiger partial charge in [-0.05, 0) is 24.4 Å². The van der Waals surface area contributed by atoms with Crippen LogP contribution in [0.3, 0.4) is 0 Å². The molecule has 6 heteroatoms. The van der Waals surface area contributed by atoms with Crippen LogP contribution >= 0.6 is 0 Å².